The lowest BCUT2D eigenvalue weighted by Gasteiger charge is -2.33. The van der Waals surface area contributed by atoms with Crippen molar-refractivity contribution in [2.75, 3.05) is 29.9 Å². The first kappa shape index (κ1) is 20.6. The van der Waals surface area contributed by atoms with Gasteiger partial charge < -0.3 is 20.7 Å². The summed E-state index contributed by atoms with van der Waals surface area (Å²) in [4.78, 5) is 35.6. The van der Waals surface area contributed by atoms with Crippen molar-refractivity contribution in [3.8, 4) is 5.88 Å². The first-order chi connectivity index (χ1) is 15.0. The summed E-state index contributed by atoms with van der Waals surface area (Å²) >= 11 is 0. The maximum atomic E-state index is 12.9. The Hall–Kier alpha value is -3.68. The molecule has 8 heteroatoms. The molecule has 31 heavy (non-hydrogen) atoms. The molecule has 8 nitrogen and oxygen atoms in total. The van der Waals surface area contributed by atoms with E-state index in [4.69, 9.17) is 15.5 Å². The lowest BCUT2D eigenvalue weighted by atomic mass is 9.97. The van der Waals surface area contributed by atoms with Gasteiger partial charge in [0.05, 0.1) is 23.6 Å². The molecular weight excluding hydrogens is 394 g/mol. The highest BCUT2D eigenvalue weighted by atomic mass is 16.5. The van der Waals surface area contributed by atoms with E-state index in [2.05, 4.69) is 15.2 Å². The Bertz CT molecular complexity index is 1100. The molecule has 3 aromatic rings. The molecule has 1 fully saturated rings. The second kappa shape index (κ2) is 8.99. The van der Waals surface area contributed by atoms with E-state index >= 15 is 0 Å². The van der Waals surface area contributed by atoms with E-state index in [1.165, 1.54) is 0 Å². The van der Waals surface area contributed by atoms with E-state index in [0.29, 0.717) is 36.1 Å². The number of primary amides is 1. The number of aromatic nitrogens is 2. The minimum absolute atomic E-state index is 0.0665. The number of carbonyl (C=O) groups is 2. The lowest BCUT2D eigenvalue weighted by molar-refractivity contribution is -0.120. The molecule has 2 aromatic carbocycles. The number of amides is 2. The van der Waals surface area contributed by atoms with Crippen LogP contribution in [0.15, 0.2) is 48.5 Å². The normalized spacial score (nSPS) is 16.2. The van der Waals surface area contributed by atoms with Gasteiger partial charge in [-0.3, -0.25) is 9.59 Å². The number of hydrogen-bond donors (Lipinski definition) is 2. The summed E-state index contributed by atoms with van der Waals surface area (Å²) in [5.41, 5.74) is 7.87. The Labute approximate surface area is 180 Å². The van der Waals surface area contributed by atoms with Gasteiger partial charge in [0.1, 0.15) is 0 Å². The molecular formula is C23H25N5O3. The highest BCUT2D eigenvalue weighted by Crippen LogP contribution is 2.31. The predicted octanol–water partition coefficient (Wildman–Crippen LogP) is 2.98. The number of fused-ring (bicyclic) bond motifs is 1. The molecule has 1 aromatic heterocycles. The Kier molecular flexibility index (Phi) is 5.97. The third-order valence-corrected chi connectivity index (χ3v) is 5.33. The molecule has 0 spiro atoms. The topological polar surface area (TPSA) is 110 Å². The van der Waals surface area contributed by atoms with Crippen molar-refractivity contribution < 1.29 is 14.3 Å². The zero-order valence-electron chi connectivity index (χ0n) is 17.4. The quantitative estimate of drug-likeness (QED) is 0.636. The molecule has 0 saturated carbocycles. The van der Waals surface area contributed by atoms with Crippen LogP contribution < -0.4 is 20.7 Å². The van der Waals surface area contributed by atoms with Gasteiger partial charge in [-0.15, -0.1) is 0 Å². The number of carbonyl (C=O) groups excluding carboxylic acids is 2. The Morgan fingerprint density at radius 1 is 1.13 bits per heavy atom. The van der Waals surface area contributed by atoms with E-state index in [-0.39, 0.29) is 11.8 Å². The first-order valence-electron chi connectivity index (χ1n) is 10.4. The molecule has 4 rings (SSSR count). The number of nitrogens with one attached hydrogen (secondary N) is 1. The SMILES string of the molecule is CCOc1nc2ccccc2nc1N1CCCC(C(=O)Nc2ccc(C(N)=O)cc2)C1. The zero-order chi connectivity index (χ0) is 21.8. The zero-order valence-corrected chi connectivity index (χ0v) is 17.4. The van der Waals surface area contributed by atoms with Crippen LogP contribution in [0.1, 0.15) is 30.1 Å². The summed E-state index contributed by atoms with van der Waals surface area (Å²) in [7, 11) is 0. The molecule has 1 atom stereocenters. The summed E-state index contributed by atoms with van der Waals surface area (Å²) in [6.07, 6.45) is 1.64. The van der Waals surface area contributed by atoms with Crippen LogP contribution >= 0.6 is 0 Å². The van der Waals surface area contributed by atoms with Crippen LogP contribution in [0.25, 0.3) is 11.0 Å². The number of hydrogen-bond acceptors (Lipinski definition) is 6. The Balaban J connectivity index is 1.52. The van der Waals surface area contributed by atoms with Crippen LogP contribution in [0.4, 0.5) is 11.5 Å². The van der Waals surface area contributed by atoms with Crippen molar-refractivity contribution in [1.29, 1.82) is 0 Å². The van der Waals surface area contributed by atoms with Gasteiger partial charge in [0.15, 0.2) is 5.82 Å². The van der Waals surface area contributed by atoms with E-state index < -0.39 is 5.91 Å². The van der Waals surface area contributed by atoms with Gasteiger partial charge in [0, 0.05) is 24.3 Å². The highest BCUT2D eigenvalue weighted by molar-refractivity contribution is 5.95. The van der Waals surface area contributed by atoms with Crippen molar-refractivity contribution in [3.63, 3.8) is 0 Å². The van der Waals surface area contributed by atoms with Gasteiger partial charge in [-0.25, -0.2) is 9.97 Å². The fraction of sp³-hybridized carbons (Fsp3) is 0.304. The summed E-state index contributed by atoms with van der Waals surface area (Å²) in [5, 5.41) is 2.93. The summed E-state index contributed by atoms with van der Waals surface area (Å²) in [6, 6.07) is 14.2. The molecule has 2 heterocycles. The van der Waals surface area contributed by atoms with Crippen LogP contribution in [0.3, 0.4) is 0 Å². The summed E-state index contributed by atoms with van der Waals surface area (Å²) in [5.74, 6) is 0.395. The number of rotatable bonds is 6. The van der Waals surface area contributed by atoms with Crippen LogP contribution in [0.2, 0.25) is 0 Å². The fourth-order valence-electron chi connectivity index (χ4n) is 3.76. The van der Waals surface area contributed by atoms with Gasteiger partial charge in [-0.1, -0.05) is 12.1 Å². The average molecular weight is 419 g/mol. The molecule has 0 aliphatic carbocycles. The number of para-hydroxylation sites is 2. The summed E-state index contributed by atoms with van der Waals surface area (Å²) in [6.45, 7) is 3.71. The first-order valence-corrected chi connectivity index (χ1v) is 10.4. The van der Waals surface area contributed by atoms with Gasteiger partial charge in [-0.2, -0.15) is 0 Å². The second-order valence-electron chi connectivity index (χ2n) is 7.49. The summed E-state index contributed by atoms with van der Waals surface area (Å²) < 4.78 is 5.77. The van der Waals surface area contributed by atoms with Crippen LogP contribution in [0.5, 0.6) is 5.88 Å². The Morgan fingerprint density at radius 3 is 2.52 bits per heavy atom. The predicted molar refractivity (Wildman–Crippen MR) is 119 cm³/mol. The van der Waals surface area contributed by atoms with Gasteiger partial charge in [0.2, 0.25) is 11.8 Å². The van der Waals surface area contributed by atoms with Gasteiger partial charge in [0.25, 0.3) is 5.88 Å². The van der Waals surface area contributed by atoms with E-state index in [0.717, 1.165) is 30.4 Å². The molecule has 1 unspecified atom stereocenters. The minimum Gasteiger partial charge on any atom is -0.475 e. The molecule has 0 bridgehead atoms. The lowest BCUT2D eigenvalue weighted by Crippen LogP contribution is -2.41. The van der Waals surface area contributed by atoms with Crippen LogP contribution in [-0.2, 0) is 4.79 Å². The Morgan fingerprint density at radius 2 is 1.84 bits per heavy atom. The molecule has 0 radical (unpaired) electrons. The molecule has 3 N–H and O–H groups in total. The maximum Gasteiger partial charge on any atom is 0.258 e. The number of nitrogens with two attached hydrogens (primary N) is 1. The highest BCUT2D eigenvalue weighted by Gasteiger charge is 2.29. The molecule has 1 saturated heterocycles. The minimum atomic E-state index is -0.498. The monoisotopic (exact) mass is 419 g/mol. The van der Waals surface area contributed by atoms with Crippen molar-refractivity contribution in [2.24, 2.45) is 11.7 Å². The maximum absolute atomic E-state index is 12.9. The van der Waals surface area contributed by atoms with E-state index in [9.17, 15) is 9.59 Å². The van der Waals surface area contributed by atoms with E-state index in [1.807, 2.05) is 31.2 Å². The number of nitrogens with zero attached hydrogens (tertiary/aromatic N) is 3. The van der Waals surface area contributed by atoms with Crippen molar-refractivity contribution in [3.05, 3.63) is 54.1 Å². The largest absolute Gasteiger partial charge is 0.475 e. The second-order valence-corrected chi connectivity index (χ2v) is 7.49. The smallest absolute Gasteiger partial charge is 0.258 e. The number of piperidine rings is 1. The van der Waals surface area contributed by atoms with E-state index in [1.54, 1.807) is 24.3 Å². The van der Waals surface area contributed by atoms with Gasteiger partial charge in [-0.05, 0) is 56.2 Å². The van der Waals surface area contributed by atoms with Crippen LogP contribution in [-0.4, -0.2) is 41.5 Å². The third-order valence-electron chi connectivity index (χ3n) is 5.33. The van der Waals surface area contributed by atoms with Crippen molar-refractivity contribution in [1.82, 2.24) is 9.97 Å². The third kappa shape index (κ3) is 4.58. The molecule has 1 aliphatic rings. The average Bonchev–Trinajstić information content (AvgIpc) is 2.79. The number of ether oxygens (including phenoxy) is 1. The number of benzene rings is 2. The standard InChI is InChI=1S/C23H25N5O3/c1-2-31-23-21(26-18-7-3-4-8-19(18)27-23)28-13-5-6-16(14-28)22(30)25-17-11-9-15(10-12-17)20(24)29/h3-4,7-12,16H,2,5-6,13-14H2,1H3,(H2,24,29)(H,25,30). The van der Waals surface area contributed by atoms with Crippen LogP contribution in [0, 0.1) is 5.92 Å². The number of anilines is 2. The van der Waals surface area contributed by atoms with Crippen molar-refractivity contribution in [2.45, 2.75) is 19.8 Å². The fourth-order valence-corrected chi connectivity index (χ4v) is 3.76. The van der Waals surface area contributed by atoms with Gasteiger partial charge >= 0.3 is 0 Å². The molecule has 160 valence electrons. The molecule has 1 aliphatic heterocycles. The molecule has 2 amide bonds. The van der Waals surface area contributed by atoms with Crippen molar-refractivity contribution >= 4 is 34.4 Å².